The first-order valence-electron chi connectivity index (χ1n) is 9.76. The predicted molar refractivity (Wildman–Crippen MR) is 108 cm³/mol. The fourth-order valence-corrected chi connectivity index (χ4v) is 3.68. The molecule has 0 spiro atoms. The molecule has 0 aromatic rings. The van der Waals surface area contributed by atoms with Gasteiger partial charge in [0, 0.05) is 5.41 Å². The first-order valence-corrected chi connectivity index (χ1v) is 12.7. The molecule has 0 amide bonds. The molecule has 0 saturated carbocycles. The molecule has 0 fully saturated rings. The van der Waals surface area contributed by atoms with E-state index in [-0.39, 0.29) is 26.4 Å². The van der Waals surface area contributed by atoms with Gasteiger partial charge in [-0.2, -0.15) is 0 Å². The molecule has 176 valence electrons. The van der Waals surface area contributed by atoms with E-state index in [1.807, 2.05) is 56.1 Å². The Balaban J connectivity index is 4.72. The summed E-state index contributed by atoms with van der Waals surface area (Å²) in [5.41, 5.74) is -0.799. The highest BCUT2D eigenvalue weighted by Crippen LogP contribution is 2.45. The quantitative estimate of drug-likeness (QED) is 0.248. The lowest BCUT2D eigenvalue weighted by Gasteiger charge is -2.36. The number of hydrogen-bond acceptors (Lipinski definition) is 8. The third-order valence-electron chi connectivity index (χ3n) is 4.58. The van der Waals surface area contributed by atoms with E-state index in [9.17, 15) is 18.9 Å². The van der Waals surface area contributed by atoms with Crippen molar-refractivity contribution in [3.63, 3.8) is 0 Å². The smallest absolute Gasteiger partial charge is 0.268 e. The zero-order chi connectivity index (χ0) is 23.0. The second kappa shape index (κ2) is 11.7. The van der Waals surface area contributed by atoms with Crippen LogP contribution in [-0.4, -0.2) is 90.8 Å². The SMILES string of the molecule is CCC(CC)(COP(=O)([O-])OCC[N+](C)(C)C)COP(=O)([O-])OCC[N+](C)(C)C. The maximum absolute atomic E-state index is 12.0. The number of phosphoric acid groups is 2. The van der Waals surface area contributed by atoms with Crippen molar-refractivity contribution < 1.29 is 46.0 Å². The van der Waals surface area contributed by atoms with Crippen LogP contribution in [0.2, 0.25) is 0 Å². The lowest BCUT2D eigenvalue weighted by molar-refractivity contribution is -0.870. The summed E-state index contributed by atoms with van der Waals surface area (Å²) in [6.07, 6.45) is 0.919. The van der Waals surface area contributed by atoms with Crippen LogP contribution in [0.25, 0.3) is 0 Å². The first-order chi connectivity index (χ1) is 12.9. The number of rotatable bonds is 16. The molecule has 0 heterocycles. The van der Waals surface area contributed by atoms with Gasteiger partial charge in [-0.05, 0) is 12.8 Å². The van der Waals surface area contributed by atoms with Crippen LogP contribution in [0.4, 0.5) is 0 Å². The van der Waals surface area contributed by atoms with Crippen molar-refractivity contribution in [2.45, 2.75) is 26.7 Å². The summed E-state index contributed by atoms with van der Waals surface area (Å²) in [6.45, 7) is 4.16. The zero-order valence-corrected chi connectivity index (χ0v) is 21.0. The van der Waals surface area contributed by atoms with Gasteiger partial charge in [0.15, 0.2) is 0 Å². The van der Waals surface area contributed by atoms with Crippen LogP contribution in [0, 0.1) is 5.41 Å². The average Bonchev–Trinajstić information content (AvgIpc) is 2.53. The molecular weight excluding hydrogens is 422 g/mol. The highest BCUT2D eigenvalue weighted by atomic mass is 31.2. The van der Waals surface area contributed by atoms with E-state index in [4.69, 9.17) is 18.1 Å². The monoisotopic (exact) mass is 462 g/mol. The van der Waals surface area contributed by atoms with E-state index in [0.717, 1.165) is 0 Å². The van der Waals surface area contributed by atoms with Crippen LogP contribution in [0.1, 0.15) is 26.7 Å². The first kappa shape index (κ1) is 29.1. The van der Waals surface area contributed by atoms with Crippen LogP contribution >= 0.6 is 15.6 Å². The minimum absolute atomic E-state index is 0.00190. The number of likely N-dealkylation sites (N-methyl/N-ethyl adjacent to an activating group) is 2. The second-order valence-electron chi connectivity index (χ2n) is 9.34. The van der Waals surface area contributed by atoms with Crippen LogP contribution in [-0.2, 0) is 27.2 Å². The molecule has 0 aliphatic heterocycles. The van der Waals surface area contributed by atoms with Gasteiger partial charge in [-0.1, -0.05) is 13.8 Å². The molecule has 0 saturated heterocycles. The molecule has 0 bridgehead atoms. The average molecular weight is 462 g/mol. The maximum Gasteiger partial charge on any atom is 0.268 e. The van der Waals surface area contributed by atoms with Gasteiger partial charge in [-0.15, -0.1) is 0 Å². The Kier molecular flexibility index (Phi) is 11.7. The fraction of sp³-hybridized carbons (Fsp3) is 1.00. The van der Waals surface area contributed by atoms with Crippen molar-refractivity contribution in [2.24, 2.45) is 5.41 Å². The highest BCUT2D eigenvalue weighted by molar-refractivity contribution is 7.46. The van der Waals surface area contributed by atoms with Gasteiger partial charge in [-0.3, -0.25) is 9.13 Å². The van der Waals surface area contributed by atoms with Crippen LogP contribution in [0.3, 0.4) is 0 Å². The summed E-state index contributed by atoms with van der Waals surface area (Å²) in [5.74, 6) is 0. The van der Waals surface area contributed by atoms with Crippen molar-refractivity contribution in [3.8, 4) is 0 Å². The molecule has 0 aromatic carbocycles. The van der Waals surface area contributed by atoms with Crippen LogP contribution < -0.4 is 9.79 Å². The van der Waals surface area contributed by atoms with Crippen molar-refractivity contribution in [1.82, 2.24) is 0 Å². The van der Waals surface area contributed by atoms with Crippen molar-refractivity contribution in [1.29, 1.82) is 0 Å². The second-order valence-corrected chi connectivity index (χ2v) is 12.2. The standard InChI is InChI=1S/C17H40N2O8P2/c1-9-17(10-2,15-26-28(20,21)24-13-11-18(3,4)5)16-27-29(22,23)25-14-12-19(6,7)8/h9-16H2,1-8H3. The normalized spacial score (nSPS) is 17.7. The Morgan fingerprint density at radius 2 is 1.00 bits per heavy atom. The minimum atomic E-state index is -4.50. The molecule has 2 unspecified atom stereocenters. The third kappa shape index (κ3) is 14.7. The fourth-order valence-electron chi connectivity index (χ4n) is 2.06. The van der Waals surface area contributed by atoms with Gasteiger partial charge in [0.1, 0.15) is 26.3 Å². The Hall–Kier alpha value is 0.140. The molecule has 0 N–H and O–H groups in total. The topological polar surface area (TPSA) is 117 Å². The summed E-state index contributed by atoms with van der Waals surface area (Å²) in [7, 11) is 2.51. The molecular formula is C17H40N2O8P2. The summed E-state index contributed by atoms with van der Waals surface area (Å²) in [6, 6.07) is 0. The molecule has 0 aliphatic rings. The molecule has 0 radical (unpaired) electrons. The molecule has 0 rings (SSSR count). The number of quaternary nitrogens is 2. The number of hydrogen-bond donors (Lipinski definition) is 0. The Bertz CT molecular complexity index is 525. The molecule has 2 atom stereocenters. The largest absolute Gasteiger partial charge is 0.756 e. The van der Waals surface area contributed by atoms with Gasteiger partial charge < -0.3 is 36.8 Å². The van der Waals surface area contributed by atoms with E-state index in [1.54, 1.807) is 0 Å². The molecule has 12 heteroatoms. The zero-order valence-electron chi connectivity index (χ0n) is 19.2. The summed E-state index contributed by atoms with van der Waals surface area (Å²) in [5, 5.41) is 0. The number of phosphoric ester groups is 2. The van der Waals surface area contributed by atoms with Crippen LogP contribution in [0.5, 0.6) is 0 Å². The van der Waals surface area contributed by atoms with Crippen molar-refractivity contribution in [3.05, 3.63) is 0 Å². The highest BCUT2D eigenvalue weighted by Gasteiger charge is 2.31. The Morgan fingerprint density at radius 3 is 1.24 bits per heavy atom. The summed E-state index contributed by atoms with van der Waals surface area (Å²) in [4.78, 5) is 24.0. The maximum atomic E-state index is 12.0. The molecule has 0 aliphatic carbocycles. The van der Waals surface area contributed by atoms with Gasteiger partial charge >= 0.3 is 0 Å². The molecule has 10 nitrogen and oxygen atoms in total. The van der Waals surface area contributed by atoms with Gasteiger partial charge in [0.2, 0.25) is 0 Å². The Labute approximate surface area is 176 Å². The lowest BCUT2D eigenvalue weighted by Crippen LogP contribution is -2.38. The molecule has 0 aromatic heterocycles. The summed E-state index contributed by atoms with van der Waals surface area (Å²) >= 11 is 0. The number of nitrogens with zero attached hydrogens (tertiary/aromatic N) is 2. The third-order valence-corrected chi connectivity index (χ3v) is 6.47. The lowest BCUT2D eigenvalue weighted by atomic mass is 9.84. The van der Waals surface area contributed by atoms with Crippen LogP contribution in [0.15, 0.2) is 0 Å². The molecule has 29 heavy (non-hydrogen) atoms. The van der Waals surface area contributed by atoms with Crippen molar-refractivity contribution in [2.75, 3.05) is 81.8 Å². The van der Waals surface area contributed by atoms with Gasteiger partial charge in [-0.25, -0.2) is 0 Å². The van der Waals surface area contributed by atoms with E-state index in [1.165, 1.54) is 0 Å². The minimum Gasteiger partial charge on any atom is -0.756 e. The van der Waals surface area contributed by atoms with E-state index in [2.05, 4.69) is 0 Å². The van der Waals surface area contributed by atoms with Gasteiger partial charge in [0.05, 0.1) is 55.5 Å². The Morgan fingerprint density at radius 1 is 0.690 bits per heavy atom. The van der Waals surface area contributed by atoms with E-state index >= 15 is 0 Å². The van der Waals surface area contributed by atoms with E-state index < -0.39 is 21.1 Å². The summed E-state index contributed by atoms with van der Waals surface area (Å²) < 4.78 is 45.0. The van der Waals surface area contributed by atoms with Crippen molar-refractivity contribution >= 4 is 15.6 Å². The van der Waals surface area contributed by atoms with Gasteiger partial charge in [0.25, 0.3) is 15.6 Å². The van der Waals surface area contributed by atoms with E-state index in [0.29, 0.717) is 34.9 Å². The predicted octanol–water partition coefficient (Wildman–Crippen LogP) is 1.21.